The first-order valence-electron chi connectivity index (χ1n) is 12.9. The average molecular weight is 549 g/mol. The van der Waals surface area contributed by atoms with E-state index in [4.69, 9.17) is 19.1 Å². The van der Waals surface area contributed by atoms with Crippen molar-refractivity contribution in [3.8, 4) is 0 Å². The van der Waals surface area contributed by atoms with Crippen molar-refractivity contribution in [3.05, 3.63) is 36.5 Å². The second kappa shape index (κ2) is 23.3. The standard InChI is InChI=1S/C26H45O10P/c1-3-4-5-6-7-8-9-10-11-12-13-14-15-16-17-18-26(30)36-25(21-33-23(2)28)22-35-37(31,32)34-20-24(29)19-27/h4-5,7-8,10-11,24-25,27,29H,3,6,9,12-22H2,1-2H3,(H,31,32)/b5-4-,8-7-,11-10-. The molecule has 0 bridgehead atoms. The highest BCUT2D eigenvalue weighted by atomic mass is 31.2. The molecule has 0 saturated heterocycles. The van der Waals surface area contributed by atoms with Crippen LogP contribution in [0.5, 0.6) is 0 Å². The van der Waals surface area contributed by atoms with E-state index < -0.39 is 51.8 Å². The van der Waals surface area contributed by atoms with Gasteiger partial charge in [0.15, 0.2) is 6.10 Å². The van der Waals surface area contributed by atoms with Crippen LogP contribution >= 0.6 is 7.82 Å². The van der Waals surface area contributed by atoms with Gasteiger partial charge in [0, 0.05) is 13.3 Å². The van der Waals surface area contributed by atoms with Crippen LogP contribution in [0.25, 0.3) is 0 Å². The van der Waals surface area contributed by atoms with Crippen LogP contribution in [-0.4, -0.2) is 65.7 Å². The summed E-state index contributed by atoms with van der Waals surface area (Å²) in [7, 11) is -4.57. The van der Waals surface area contributed by atoms with Gasteiger partial charge >= 0.3 is 19.8 Å². The Morgan fingerprint density at radius 2 is 1.46 bits per heavy atom. The molecule has 0 fully saturated rings. The molecule has 0 saturated carbocycles. The van der Waals surface area contributed by atoms with Gasteiger partial charge < -0.3 is 24.6 Å². The van der Waals surface area contributed by atoms with Gasteiger partial charge in [0.2, 0.25) is 0 Å². The topological polar surface area (TPSA) is 149 Å². The fraction of sp³-hybridized carbons (Fsp3) is 0.692. The van der Waals surface area contributed by atoms with Gasteiger partial charge in [-0.3, -0.25) is 18.6 Å². The van der Waals surface area contributed by atoms with E-state index in [-0.39, 0.29) is 13.0 Å². The van der Waals surface area contributed by atoms with Crippen molar-refractivity contribution in [1.82, 2.24) is 0 Å². The molecule has 0 aromatic heterocycles. The summed E-state index contributed by atoms with van der Waals surface area (Å²) in [6, 6.07) is 0. The molecule has 0 aromatic rings. The number of ether oxygens (including phenoxy) is 2. The van der Waals surface area contributed by atoms with Crippen molar-refractivity contribution in [2.45, 2.75) is 90.3 Å². The third kappa shape index (κ3) is 24.3. The van der Waals surface area contributed by atoms with E-state index in [2.05, 4.69) is 47.9 Å². The number of phosphoric acid groups is 1. The molecule has 11 heteroatoms. The maximum Gasteiger partial charge on any atom is 0.472 e. The first-order chi connectivity index (χ1) is 17.7. The zero-order chi connectivity index (χ0) is 27.8. The molecular weight excluding hydrogens is 503 g/mol. The third-order valence-corrected chi connectivity index (χ3v) is 5.82. The summed E-state index contributed by atoms with van der Waals surface area (Å²) in [5.41, 5.74) is 0. The number of hydrogen-bond donors (Lipinski definition) is 3. The van der Waals surface area contributed by atoms with E-state index in [1.807, 2.05) is 0 Å². The van der Waals surface area contributed by atoms with Gasteiger partial charge in [-0.15, -0.1) is 0 Å². The highest BCUT2D eigenvalue weighted by Gasteiger charge is 2.26. The first-order valence-corrected chi connectivity index (χ1v) is 14.4. The summed E-state index contributed by atoms with van der Waals surface area (Å²) in [6.07, 6.45) is 19.4. The smallest absolute Gasteiger partial charge is 0.462 e. The second-order valence-corrected chi connectivity index (χ2v) is 9.86. The van der Waals surface area contributed by atoms with Crippen LogP contribution in [0.1, 0.15) is 78.1 Å². The Kier molecular flexibility index (Phi) is 22.2. The number of aliphatic hydroxyl groups is 2. The Morgan fingerprint density at radius 1 is 0.865 bits per heavy atom. The number of allylic oxidation sites excluding steroid dienone is 6. The Morgan fingerprint density at radius 3 is 2.11 bits per heavy atom. The van der Waals surface area contributed by atoms with Gasteiger partial charge in [0.25, 0.3) is 0 Å². The van der Waals surface area contributed by atoms with E-state index in [0.717, 1.165) is 51.4 Å². The molecule has 37 heavy (non-hydrogen) atoms. The molecule has 0 aromatic carbocycles. The normalized spacial score (nSPS) is 15.3. The Labute approximate surface area is 221 Å². The lowest BCUT2D eigenvalue weighted by atomic mass is 10.1. The minimum absolute atomic E-state index is 0.159. The summed E-state index contributed by atoms with van der Waals surface area (Å²) in [5, 5.41) is 17.9. The van der Waals surface area contributed by atoms with Crippen molar-refractivity contribution in [1.29, 1.82) is 0 Å². The van der Waals surface area contributed by atoms with Gasteiger partial charge in [0.1, 0.15) is 12.7 Å². The lowest BCUT2D eigenvalue weighted by molar-refractivity contribution is -0.160. The molecule has 0 rings (SSSR count). The third-order valence-electron chi connectivity index (χ3n) is 4.87. The molecule has 10 nitrogen and oxygen atoms in total. The zero-order valence-corrected chi connectivity index (χ0v) is 23.1. The fourth-order valence-electron chi connectivity index (χ4n) is 2.91. The van der Waals surface area contributed by atoms with Crippen LogP contribution in [0.3, 0.4) is 0 Å². The van der Waals surface area contributed by atoms with Crippen molar-refractivity contribution >= 4 is 19.8 Å². The number of aliphatic hydroxyl groups excluding tert-OH is 2. The summed E-state index contributed by atoms with van der Waals surface area (Å²) in [4.78, 5) is 32.9. The van der Waals surface area contributed by atoms with Gasteiger partial charge in [-0.25, -0.2) is 4.57 Å². The van der Waals surface area contributed by atoms with Crippen molar-refractivity contribution < 1.29 is 47.8 Å². The van der Waals surface area contributed by atoms with Crippen LogP contribution in [0, 0.1) is 0 Å². The Hall–Kier alpha value is -1.81. The average Bonchev–Trinajstić information content (AvgIpc) is 2.86. The van der Waals surface area contributed by atoms with Gasteiger partial charge in [-0.05, 0) is 38.5 Å². The van der Waals surface area contributed by atoms with E-state index in [1.165, 1.54) is 6.92 Å². The minimum Gasteiger partial charge on any atom is -0.462 e. The highest BCUT2D eigenvalue weighted by molar-refractivity contribution is 7.47. The zero-order valence-electron chi connectivity index (χ0n) is 22.2. The molecule has 0 amide bonds. The summed E-state index contributed by atoms with van der Waals surface area (Å²) in [5.74, 6) is -1.15. The quantitative estimate of drug-likeness (QED) is 0.0719. The number of hydrogen-bond acceptors (Lipinski definition) is 9. The summed E-state index contributed by atoms with van der Waals surface area (Å²) in [6.45, 7) is 1.12. The van der Waals surface area contributed by atoms with Gasteiger partial charge in [-0.2, -0.15) is 0 Å². The highest BCUT2D eigenvalue weighted by Crippen LogP contribution is 2.43. The SMILES string of the molecule is CC/C=C\C/C=C\C/C=C\CCCCCCCC(=O)OC(COC(C)=O)COP(=O)(O)OCC(O)CO. The Bertz CT molecular complexity index is 735. The molecular formula is C26H45O10P. The second-order valence-electron chi connectivity index (χ2n) is 8.41. The van der Waals surface area contributed by atoms with E-state index >= 15 is 0 Å². The van der Waals surface area contributed by atoms with Crippen LogP contribution in [0.4, 0.5) is 0 Å². The number of carbonyl (C=O) groups excluding carboxylic acids is 2. The molecule has 0 radical (unpaired) electrons. The lowest BCUT2D eigenvalue weighted by Gasteiger charge is -2.20. The predicted molar refractivity (Wildman–Crippen MR) is 141 cm³/mol. The van der Waals surface area contributed by atoms with Crippen LogP contribution < -0.4 is 0 Å². The maximum atomic E-state index is 12.2. The molecule has 0 aliphatic heterocycles. The number of carbonyl (C=O) groups is 2. The maximum absolute atomic E-state index is 12.2. The minimum atomic E-state index is -4.57. The van der Waals surface area contributed by atoms with E-state index in [1.54, 1.807) is 0 Å². The van der Waals surface area contributed by atoms with Crippen molar-refractivity contribution in [3.63, 3.8) is 0 Å². The molecule has 0 spiro atoms. The monoisotopic (exact) mass is 548 g/mol. The lowest BCUT2D eigenvalue weighted by Crippen LogP contribution is -2.29. The van der Waals surface area contributed by atoms with Gasteiger partial charge in [0.05, 0.1) is 19.8 Å². The predicted octanol–water partition coefficient (Wildman–Crippen LogP) is 4.54. The van der Waals surface area contributed by atoms with Crippen molar-refractivity contribution in [2.24, 2.45) is 0 Å². The summed E-state index contributed by atoms with van der Waals surface area (Å²) >= 11 is 0. The van der Waals surface area contributed by atoms with Crippen molar-refractivity contribution in [2.75, 3.05) is 26.4 Å². The molecule has 214 valence electrons. The summed E-state index contributed by atoms with van der Waals surface area (Å²) < 4.78 is 31.2. The number of unbranched alkanes of at least 4 members (excludes halogenated alkanes) is 5. The van der Waals surface area contributed by atoms with E-state index in [9.17, 15) is 24.2 Å². The van der Waals surface area contributed by atoms with Crippen LogP contribution in [0.2, 0.25) is 0 Å². The molecule has 3 N–H and O–H groups in total. The Balaban J connectivity index is 4.10. The molecule has 0 heterocycles. The largest absolute Gasteiger partial charge is 0.472 e. The van der Waals surface area contributed by atoms with Gasteiger partial charge in [-0.1, -0.05) is 62.6 Å². The molecule has 0 aliphatic carbocycles. The van der Waals surface area contributed by atoms with Crippen LogP contribution in [-0.2, 0) is 32.7 Å². The van der Waals surface area contributed by atoms with Crippen LogP contribution in [0.15, 0.2) is 36.5 Å². The number of rotatable bonds is 23. The number of phosphoric ester groups is 1. The molecule has 0 aliphatic rings. The first kappa shape index (κ1) is 35.2. The van der Waals surface area contributed by atoms with E-state index in [0.29, 0.717) is 6.42 Å². The molecule has 3 unspecified atom stereocenters. The molecule has 3 atom stereocenters. The fourth-order valence-corrected chi connectivity index (χ4v) is 3.70. The number of esters is 2.